The minimum absolute atomic E-state index is 0.0811. The van der Waals surface area contributed by atoms with Crippen LogP contribution in [0.3, 0.4) is 0 Å². The summed E-state index contributed by atoms with van der Waals surface area (Å²) in [5.41, 5.74) is 0.335. The summed E-state index contributed by atoms with van der Waals surface area (Å²) in [6, 6.07) is 10.7. The Kier molecular flexibility index (Phi) is 5.69. The molecule has 0 saturated heterocycles. The van der Waals surface area contributed by atoms with Crippen LogP contribution in [-0.4, -0.2) is 48.1 Å². The molecule has 28 heavy (non-hydrogen) atoms. The third-order valence-corrected chi connectivity index (χ3v) is 10.4. The Balaban J connectivity index is 1.99. The second kappa shape index (κ2) is 7.34. The van der Waals surface area contributed by atoms with Gasteiger partial charge >= 0.3 is 169 Å². The molecular weight excluding hydrogens is 499 g/mol. The Labute approximate surface area is 169 Å². The van der Waals surface area contributed by atoms with Crippen LogP contribution in [0.1, 0.15) is 5.56 Å². The van der Waals surface area contributed by atoms with Crippen LogP contribution in [0.25, 0.3) is 15.3 Å². The van der Waals surface area contributed by atoms with Gasteiger partial charge in [-0.15, -0.1) is 0 Å². The van der Waals surface area contributed by atoms with E-state index in [1.54, 1.807) is 18.2 Å². The monoisotopic (exact) mass is 513 g/mol. The Morgan fingerprint density at radius 2 is 1.57 bits per heavy atom. The van der Waals surface area contributed by atoms with Crippen LogP contribution < -0.4 is 5.56 Å². The van der Waals surface area contributed by atoms with Crippen LogP contribution in [0, 0.1) is 0 Å². The van der Waals surface area contributed by atoms with Crippen molar-refractivity contribution in [2.45, 2.75) is 11.5 Å². The Hall–Kier alpha value is -1.02. The molecule has 0 radical (unpaired) electrons. The van der Waals surface area contributed by atoms with Crippen molar-refractivity contribution in [2.75, 3.05) is 0 Å². The predicted octanol–water partition coefficient (Wildman–Crippen LogP) is 1.25. The van der Waals surface area contributed by atoms with Crippen LogP contribution in [-0.2, 0) is 15.6 Å². The molecule has 1 aromatic heterocycles. The normalized spacial score (nSPS) is 13.2. The zero-order valence-electron chi connectivity index (χ0n) is 13.8. The van der Waals surface area contributed by atoms with Gasteiger partial charge in [0.25, 0.3) is 0 Å². The number of aromatic nitrogens is 1. The first-order valence-corrected chi connectivity index (χ1v) is 12.8. The number of fused-ring (bicyclic) bond motifs is 1. The number of nitrogens with zero attached hydrogens (tertiary/aromatic N) is 1. The molecule has 0 aliphatic carbocycles. The number of aliphatic hydroxyl groups is 1. The van der Waals surface area contributed by atoms with Gasteiger partial charge in [-0.2, -0.15) is 0 Å². The summed E-state index contributed by atoms with van der Waals surface area (Å²) in [7, 11) is -11.1. The number of benzene rings is 2. The molecule has 2 aromatic carbocycles. The fourth-order valence-electron chi connectivity index (χ4n) is 2.57. The molecule has 0 aliphatic rings. The maximum atomic E-state index is 12.6. The molecule has 1 heterocycles. The van der Waals surface area contributed by atoms with E-state index in [4.69, 9.17) is 11.6 Å². The first kappa shape index (κ1) is 21.7. The van der Waals surface area contributed by atoms with E-state index in [9.17, 15) is 38.6 Å². The molecular formula is C15H14ClNO8P2Se. The molecule has 0 atom stereocenters. The Bertz CT molecular complexity index is 1170. The second-order valence-electron chi connectivity index (χ2n) is 6.04. The minimum atomic E-state index is -5.54. The fourth-order valence-corrected chi connectivity index (χ4v) is 6.93. The summed E-state index contributed by atoms with van der Waals surface area (Å²) in [5.74, 6) is 0. The van der Waals surface area contributed by atoms with E-state index in [1.165, 1.54) is 27.8 Å². The molecule has 0 bridgehead atoms. The number of halogens is 1. The van der Waals surface area contributed by atoms with Crippen molar-refractivity contribution in [2.24, 2.45) is 0 Å². The zero-order valence-corrected chi connectivity index (χ0v) is 18.1. The van der Waals surface area contributed by atoms with Crippen molar-refractivity contribution in [1.82, 2.24) is 3.56 Å². The first-order chi connectivity index (χ1) is 12.8. The van der Waals surface area contributed by atoms with Gasteiger partial charge in [0.1, 0.15) is 0 Å². The van der Waals surface area contributed by atoms with E-state index in [-0.39, 0.29) is 25.9 Å². The van der Waals surface area contributed by atoms with Crippen LogP contribution in [0.5, 0.6) is 0 Å². The Morgan fingerprint density at radius 1 is 1.00 bits per heavy atom. The third-order valence-electron chi connectivity index (χ3n) is 4.09. The average molecular weight is 513 g/mol. The molecule has 0 saturated carbocycles. The van der Waals surface area contributed by atoms with Crippen molar-refractivity contribution < 1.29 is 33.8 Å². The number of hydrogen-bond acceptors (Lipinski definition) is 4. The van der Waals surface area contributed by atoms with Gasteiger partial charge in [0.15, 0.2) is 0 Å². The average Bonchev–Trinajstić information content (AvgIpc) is 2.90. The van der Waals surface area contributed by atoms with Crippen LogP contribution in [0.2, 0.25) is 5.02 Å². The number of rotatable bonds is 5. The third kappa shape index (κ3) is 3.86. The Morgan fingerprint density at radius 3 is 2.11 bits per heavy atom. The molecule has 150 valence electrons. The molecule has 0 aliphatic heterocycles. The van der Waals surface area contributed by atoms with Gasteiger partial charge in [-0.3, -0.25) is 0 Å². The van der Waals surface area contributed by atoms with Crippen molar-refractivity contribution in [3.63, 3.8) is 0 Å². The molecule has 0 fully saturated rings. The van der Waals surface area contributed by atoms with Crippen molar-refractivity contribution in [1.29, 1.82) is 0 Å². The van der Waals surface area contributed by atoms with Gasteiger partial charge in [0, 0.05) is 0 Å². The molecule has 3 rings (SSSR count). The summed E-state index contributed by atoms with van der Waals surface area (Å²) >= 11 is 5.59. The van der Waals surface area contributed by atoms with E-state index in [0.29, 0.717) is 16.1 Å². The second-order valence-corrected chi connectivity index (χ2v) is 12.6. The molecule has 13 heteroatoms. The molecule has 0 unspecified atom stereocenters. The van der Waals surface area contributed by atoms with Gasteiger partial charge in [0.2, 0.25) is 0 Å². The van der Waals surface area contributed by atoms with Gasteiger partial charge in [-0.05, 0) is 0 Å². The standard InChI is InChI=1S/C15H14ClNO8P2Se/c16-10-3-6-13-12(7-10)14(18)17(28-13)11-4-1-9(2-5-11)8-15(19,26(20,21)22)27(23,24)25/h1-7,19H,8H2,(H2,20,21,22)(H2,23,24,25). The zero-order chi connectivity index (χ0) is 20.9. The summed E-state index contributed by atoms with van der Waals surface area (Å²) in [4.78, 5) is 49.5. The first-order valence-electron chi connectivity index (χ1n) is 7.58. The fraction of sp³-hybridized carbons (Fsp3) is 0.133. The molecule has 0 amide bonds. The van der Waals surface area contributed by atoms with E-state index in [1.807, 2.05) is 0 Å². The van der Waals surface area contributed by atoms with Gasteiger partial charge in [-0.1, -0.05) is 0 Å². The summed E-state index contributed by atoms with van der Waals surface area (Å²) in [6.07, 6.45) is -0.962. The quantitative estimate of drug-likeness (QED) is 0.252. The van der Waals surface area contributed by atoms with E-state index in [0.717, 1.165) is 4.26 Å². The molecule has 9 nitrogen and oxygen atoms in total. The molecule has 3 aromatic rings. The van der Waals surface area contributed by atoms with Crippen LogP contribution >= 0.6 is 26.8 Å². The summed E-state index contributed by atoms with van der Waals surface area (Å²) < 4.78 is 25.3. The van der Waals surface area contributed by atoms with Crippen molar-refractivity contribution in [3.8, 4) is 5.69 Å². The molecule has 0 spiro atoms. The van der Waals surface area contributed by atoms with E-state index >= 15 is 0 Å². The van der Waals surface area contributed by atoms with Gasteiger partial charge in [-0.25, -0.2) is 0 Å². The summed E-state index contributed by atoms with van der Waals surface area (Å²) in [6.45, 7) is 0. The van der Waals surface area contributed by atoms with Gasteiger partial charge < -0.3 is 0 Å². The SMILES string of the molecule is O=c1c2cc(Cl)ccc2[se]n1-c1ccc(CC(O)(P(=O)(O)O)P(=O)(O)O)cc1. The summed E-state index contributed by atoms with van der Waals surface area (Å²) in [5, 5.41) is 7.41. The molecule has 5 N–H and O–H groups in total. The number of hydrogen-bond donors (Lipinski definition) is 5. The van der Waals surface area contributed by atoms with E-state index in [2.05, 4.69) is 0 Å². The topological polar surface area (TPSA) is 157 Å². The van der Waals surface area contributed by atoms with Crippen LogP contribution in [0.15, 0.2) is 47.3 Å². The van der Waals surface area contributed by atoms with Crippen molar-refractivity contribution in [3.05, 3.63) is 63.4 Å². The van der Waals surface area contributed by atoms with Gasteiger partial charge in [0.05, 0.1) is 0 Å². The van der Waals surface area contributed by atoms with Crippen molar-refractivity contribution >= 4 is 51.2 Å². The predicted molar refractivity (Wildman–Crippen MR) is 104 cm³/mol. The maximum absolute atomic E-state index is 12.6. The van der Waals surface area contributed by atoms with E-state index < -0.39 is 26.7 Å². The van der Waals surface area contributed by atoms with Crippen LogP contribution in [0.4, 0.5) is 0 Å².